The van der Waals surface area contributed by atoms with Crippen molar-refractivity contribution >= 4 is 35.2 Å². The number of nitrogens with two attached hydrogens (primary N) is 1. The molecular weight excluding hydrogens is 380 g/mol. The van der Waals surface area contributed by atoms with E-state index in [1.165, 1.54) is 17.0 Å². The quantitative estimate of drug-likeness (QED) is 0.432. The number of carbonyl (C=O) groups excluding carboxylic acids is 3. The molecule has 2 aromatic rings. The van der Waals surface area contributed by atoms with E-state index in [-0.39, 0.29) is 33.9 Å². The van der Waals surface area contributed by atoms with Crippen molar-refractivity contribution in [3.63, 3.8) is 0 Å². The van der Waals surface area contributed by atoms with Gasteiger partial charge in [-0.3, -0.25) is 9.59 Å². The Balaban J connectivity index is 1.68. The van der Waals surface area contributed by atoms with Crippen molar-refractivity contribution in [1.82, 2.24) is 0 Å². The first-order valence-corrected chi connectivity index (χ1v) is 9.49. The van der Waals surface area contributed by atoms with Crippen molar-refractivity contribution < 1.29 is 24.2 Å². The molecular formula is C20H14N2O5S. The maximum atomic E-state index is 13.3. The minimum atomic E-state index is -0.781. The standard InChI is InChI=1S/C20H14N2O5S/c21-17-15-13(11-7-6-10(23)8-12(11)27-20(15)26)14-16(28-17)19(25)22(18(14)24)9-4-2-1-3-5-9/h1-8,13-14,16,23H,21H2/t13-,14+,16+/m1/s1. The van der Waals surface area contributed by atoms with Crippen molar-refractivity contribution in [3.8, 4) is 11.5 Å². The highest BCUT2D eigenvalue weighted by molar-refractivity contribution is 8.04. The van der Waals surface area contributed by atoms with Crippen LogP contribution in [0.4, 0.5) is 5.69 Å². The molecule has 0 aromatic heterocycles. The van der Waals surface area contributed by atoms with Crippen LogP contribution < -0.4 is 15.4 Å². The summed E-state index contributed by atoms with van der Waals surface area (Å²) in [5, 5.41) is 9.19. The van der Waals surface area contributed by atoms with Crippen LogP contribution >= 0.6 is 11.8 Å². The van der Waals surface area contributed by atoms with E-state index in [1.807, 2.05) is 0 Å². The molecule has 8 heteroatoms. The summed E-state index contributed by atoms with van der Waals surface area (Å²) in [4.78, 5) is 40.1. The summed E-state index contributed by atoms with van der Waals surface area (Å²) in [7, 11) is 0. The lowest BCUT2D eigenvalue weighted by molar-refractivity contribution is -0.131. The third-order valence-electron chi connectivity index (χ3n) is 5.25. The molecule has 3 aliphatic rings. The molecule has 0 spiro atoms. The van der Waals surface area contributed by atoms with E-state index >= 15 is 0 Å². The van der Waals surface area contributed by atoms with Gasteiger partial charge in [0.15, 0.2) is 0 Å². The maximum Gasteiger partial charge on any atom is 0.342 e. The van der Waals surface area contributed by atoms with Gasteiger partial charge in [0, 0.05) is 17.5 Å². The van der Waals surface area contributed by atoms with Crippen molar-refractivity contribution in [3.05, 3.63) is 64.7 Å². The number of ether oxygens (including phenoxy) is 1. The van der Waals surface area contributed by atoms with E-state index in [0.717, 1.165) is 11.8 Å². The molecule has 3 heterocycles. The molecule has 2 amide bonds. The second-order valence-corrected chi connectivity index (χ2v) is 7.96. The SMILES string of the molecule is NC1=C2C(=O)Oc3cc(O)ccc3[C@@H]2[C@@H]2C(=O)N(c3ccccc3)C(=O)[C@H]2S1. The van der Waals surface area contributed by atoms with Crippen LogP contribution in [0.15, 0.2) is 59.1 Å². The van der Waals surface area contributed by atoms with Gasteiger partial charge in [-0.15, -0.1) is 0 Å². The Morgan fingerprint density at radius 1 is 1.04 bits per heavy atom. The van der Waals surface area contributed by atoms with Crippen LogP contribution in [0.5, 0.6) is 11.5 Å². The monoisotopic (exact) mass is 394 g/mol. The van der Waals surface area contributed by atoms with Crippen molar-refractivity contribution in [2.24, 2.45) is 11.7 Å². The zero-order chi connectivity index (χ0) is 19.6. The molecule has 3 N–H and O–H groups in total. The summed E-state index contributed by atoms with van der Waals surface area (Å²) in [6.07, 6.45) is 0. The topological polar surface area (TPSA) is 110 Å². The Morgan fingerprint density at radius 2 is 1.79 bits per heavy atom. The van der Waals surface area contributed by atoms with Crippen LogP contribution in [0.3, 0.4) is 0 Å². The predicted molar refractivity (Wildman–Crippen MR) is 102 cm³/mol. The van der Waals surface area contributed by atoms with Gasteiger partial charge in [0.1, 0.15) is 16.7 Å². The molecule has 3 atom stereocenters. The fourth-order valence-corrected chi connectivity index (χ4v) is 5.31. The number of nitrogens with zero attached hydrogens (tertiary/aromatic N) is 1. The van der Waals surface area contributed by atoms with Gasteiger partial charge in [-0.05, 0) is 18.2 Å². The number of amides is 2. The molecule has 0 bridgehead atoms. The third kappa shape index (κ3) is 2.21. The third-order valence-corrected chi connectivity index (χ3v) is 6.48. The minimum Gasteiger partial charge on any atom is -0.508 e. The van der Waals surface area contributed by atoms with Crippen LogP contribution in [0.1, 0.15) is 11.5 Å². The number of fused-ring (bicyclic) bond motifs is 5. The highest BCUT2D eigenvalue weighted by Crippen LogP contribution is 2.54. The molecule has 0 unspecified atom stereocenters. The molecule has 2 aromatic carbocycles. The van der Waals surface area contributed by atoms with Gasteiger partial charge in [-0.2, -0.15) is 0 Å². The summed E-state index contributed by atoms with van der Waals surface area (Å²) < 4.78 is 5.31. The van der Waals surface area contributed by atoms with Gasteiger partial charge in [0.25, 0.3) is 0 Å². The van der Waals surface area contributed by atoms with E-state index in [1.54, 1.807) is 36.4 Å². The fourth-order valence-electron chi connectivity index (χ4n) is 4.07. The number of rotatable bonds is 1. The molecule has 140 valence electrons. The van der Waals surface area contributed by atoms with Crippen LogP contribution in [0.2, 0.25) is 0 Å². The first kappa shape index (κ1) is 16.9. The normalized spacial score (nSPS) is 25.9. The predicted octanol–water partition coefficient (Wildman–Crippen LogP) is 1.87. The number of phenols is 1. The van der Waals surface area contributed by atoms with Crippen LogP contribution in [0.25, 0.3) is 0 Å². The number of aromatic hydroxyl groups is 1. The average molecular weight is 394 g/mol. The highest BCUT2D eigenvalue weighted by atomic mass is 32.2. The van der Waals surface area contributed by atoms with E-state index in [4.69, 9.17) is 10.5 Å². The number of hydrogen-bond donors (Lipinski definition) is 2. The molecule has 5 rings (SSSR count). The number of anilines is 1. The Bertz CT molecular complexity index is 1080. The molecule has 28 heavy (non-hydrogen) atoms. The second kappa shape index (κ2) is 5.87. The van der Waals surface area contributed by atoms with Crippen LogP contribution in [0, 0.1) is 5.92 Å². The summed E-state index contributed by atoms with van der Waals surface area (Å²) in [5.74, 6) is -2.76. The summed E-state index contributed by atoms with van der Waals surface area (Å²) in [6.45, 7) is 0. The molecule has 7 nitrogen and oxygen atoms in total. The van der Waals surface area contributed by atoms with E-state index < -0.39 is 23.1 Å². The number of thioether (sulfide) groups is 1. The lowest BCUT2D eigenvalue weighted by Crippen LogP contribution is -2.39. The Labute approximate surface area is 163 Å². The molecule has 0 aliphatic carbocycles. The number of esters is 1. The highest BCUT2D eigenvalue weighted by Gasteiger charge is 2.58. The molecule has 0 saturated carbocycles. The lowest BCUT2D eigenvalue weighted by atomic mass is 9.77. The molecule has 1 saturated heterocycles. The summed E-state index contributed by atoms with van der Waals surface area (Å²) >= 11 is 1.03. The number of imide groups is 1. The molecule has 1 fully saturated rings. The van der Waals surface area contributed by atoms with Crippen molar-refractivity contribution in [2.75, 3.05) is 4.90 Å². The minimum absolute atomic E-state index is 0.0616. The Morgan fingerprint density at radius 3 is 2.54 bits per heavy atom. The van der Waals surface area contributed by atoms with E-state index in [9.17, 15) is 19.5 Å². The summed E-state index contributed by atoms with van der Waals surface area (Å²) in [6, 6.07) is 13.1. The van der Waals surface area contributed by atoms with E-state index in [0.29, 0.717) is 11.3 Å². The molecule has 0 radical (unpaired) electrons. The van der Waals surface area contributed by atoms with Gasteiger partial charge in [-0.1, -0.05) is 36.0 Å². The smallest absolute Gasteiger partial charge is 0.342 e. The summed E-state index contributed by atoms with van der Waals surface area (Å²) in [5.41, 5.74) is 7.36. The van der Waals surface area contributed by atoms with Crippen LogP contribution in [-0.2, 0) is 14.4 Å². The van der Waals surface area contributed by atoms with Gasteiger partial charge in [-0.25, -0.2) is 9.69 Å². The number of carbonyl (C=O) groups is 3. The first-order chi connectivity index (χ1) is 13.5. The van der Waals surface area contributed by atoms with Crippen molar-refractivity contribution in [1.29, 1.82) is 0 Å². The number of benzene rings is 2. The maximum absolute atomic E-state index is 13.3. The zero-order valence-electron chi connectivity index (χ0n) is 14.4. The number of para-hydroxylation sites is 1. The first-order valence-electron chi connectivity index (χ1n) is 8.61. The molecule has 3 aliphatic heterocycles. The van der Waals surface area contributed by atoms with Gasteiger partial charge in [0.05, 0.1) is 22.2 Å². The number of phenolic OH excluding ortho intramolecular Hbond substituents is 1. The van der Waals surface area contributed by atoms with E-state index in [2.05, 4.69) is 0 Å². The van der Waals surface area contributed by atoms with Gasteiger partial charge in [0.2, 0.25) is 11.8 Å². The van der Waals surface area contributed by atoms with Gasteiger partial charge < -0.3 is 15.6 Å². The lowest BCUT2D eigenvalue weighted by Gasteiger charge is -2.36. The Kier molecular flexibility index (Phi) is 3.54. The van der Waals surface area contributed by atoms with Crippen LogP contribution in [-0.4, -0.2) is 28.1 Å². The fraction of sp³-hybridized carbons (Fsp3) is 0.150. The Hall–Kier alpha value is -3.26. The average Bonchev–Trinajstić information content (AvgIpc) is 2.92. The van der Waals surface area contributed by atoms with Crippen molar-refractivity contribution in [2.45, 2.75) is 11.2 Å². The van der Waals surface area contributed by atoms with Gasteiger partial charge >= 0.3 is 5.97 Å². The second-order valence-electron chi connectivity index (χ2n) is 6.78. The number of hydrogen-bond acceptors (Lipinski definition) is 7. The zero-order valence-corrected chi connectivity index (χ0v) is 15.2. The largest absolute Gasteiger partial charge is 0.508 e.